The molecule has 1 atom stereocenters. The van der Waals surface area contributed by atoms with Crippen LogP contribution in [0.2, 0.25) is 0 Å². The van der Waals surface area contributed by atoms with Gasteiger partial charge in [0.2, 0.25) is 0 Å². The average Bonchev–Trinajstić information content (AvgIpc) is 2.44. The first kappa shape index (κ1) is 4.85. The second-order valence-electron chi connectivity index (χ2n) is 2.15. The summed E-state index contributed by atoms with van der Waals surface area (Å²) in [5.74, 6) is 0.775. The van der Waals surface area contributed by atoms with Gasteiger partial charge < -0.3 is 5.73 Å². The third-order valence-corrected chi connectivity index (χ3v) is 1.44. The molecule has 0 amide bonds. The Bertz CT molecular complexity index is 74.2. The molecule has 40 valence electrons. The highest BCUT2D eigenvalue weighted by Gasteiger charge is 2.25. The Morgan fingerprint density at radius 1 is 1.71 bits per heavy atom. The van der Waals surface area contributed by atoms with E-state index in [0.717, 1.165) is 5.92 Å². The summed E-state index contributed by atoms with van der Waals surface area (Å²) in [5, 5.41) is 0. The number of hydrogen-bond donors (Lipinski definition) is 1. The summed E-state index contributed by atoms with van der Waals surface area (Å²) in [4.78, 5) is 0. The first-order valence-electron chi connectivity index (χ1n) is 2.72. The Morgan fingerprint density at radius 3 is 2.43 bits per heavy atom. The van der Waals surface area contributed by atoms with Crippen LogP contribution in [0.25, 0.3) is 0 Å². The van der Waals surface area contributed by atoms with Crippen molar-refractivity contribution in [2.75, 3.05) is 0 Å². The van der Waals surface area contributed by atoms with E-state index in [9.17, 15) is 0 Å². The van der Waals surface area contributed by atoms with Crippen molar-refractivity contribution in [1.29, 1.82) is 0 Å². The van der Waals surface area contributed by atoms with Gasteiger partial charge in [0, 0.05) is 6.04 Å². The quantitative estimate of drug-likeness (QED) is 0.509. The van der Waals surface area contributed by atoms with Gasteiger partial charge in [-0.15, -0.1) is 6.58 Å². The van der Waals surface area contributed by atoms with Crippen molar-refractivity contribution < 1.29 is 0 Å². The smallest absolute Gasteiger partial charge is 0.0249 e. The Labute approximate surface area is 44.2 Å². The van der Waals surface area contributed by atoms with Crippen molar-refractivity contribution in [2.45, 2.75) is 18.9 Å². The minimum Gasteiger partial charge on any atom is -0.324 e. The molecule has 0 aliphatic heterocycles. The molecule has 1 heteroatoms. The molecule has 1 aliphatic carbocycles. The molecule has 1 aliphatic rings. The molecule has 1 unspecified atom stereocenters. The van der Waals surface area contributed by atoms with Crippen LogP contribution in [-0.4, -0.2) is 6.04 Å². The minimum atomic E-state index is 0.278. The van der Waals surface area contributed by atoms with Crippen molar-refractivity contribution in [3.05, 3.63) is 12.7 Å². The molecule has 1 nitrogen and oxygen atoms in total. The van der Waals surface area contributed by atoms with Crippen LogP contribution >= 0.6 is 0 Å². The Balaban J connectivity index is 2.22. The average molecular weight is 97.2 g/mol. The van der Waals surface area contributed by atoms with Gasteiger partial charge >= 0.3 is 0 Å². The topological polar surface area (TPSA) is 26.0 Å². The SMILES string of the molecule is C=CC(N)C1CC1. The van der Waals surface area contributed by atoms with Gasteiger partial charge in [-0.25, -0.2) is 0 Å². The Kier molecular flexibility index (Phi) is 1.15. The zero-order chi connectivity index (χ0) is 5.28. The van der Waals surface area contributed by atoms with E-state index in [-0.39, 0.29) is 6.04 Å². The molecule has 0 saturated heterocycles. The molecule has 0 bridgehead atoms. The second-order valence-corrected chi connectivity index (χ2v) is 2.15. The van der Waals surface area contributed by atoms with E-state index in [1.807, 2.05) is 6.08 Å². The number of hydrogen-bond acceptors (Lipinski definition) is 1. The molecule has 0 spiro atoms. The zero-order valence-electron chi connectivity index (χ0n) is 4.43. The van der Waals surface area contributed by atoms with Gasteiger partial charge in [-0.3, -0.25) is 0 Å². The highest BCUT2D eigenvalue weighted by atomic mass is 14.7. The van der Waals surface area contributed by atoms with Gasteiger partial charge in [0.1, 0.15) is 0 Å². The zero-order valence-corrected chi connectivity index (χ0v) is 4.43. The molecular weight excluding hydrogens is 86.1 g/mol. The van der Waals surface area contributed by atoms with Crippen LogP contribution in [0.1, 0.15) is 12.8 Å². The Morgan fingerprint density at radius 2 is 2.29 bits per heavy atom. The lowest BCUT2D eigenvalue weighted by atomic mass is 10.2. The summed E-state index contributed by atoms with van der Waals surface area (Å²) < 4.78 is 0. The van der Waals surface area contributed by atoms with E-state index in [1.165, 1.54) is 12.8 Å². The van der Waals surface area contributed by atoms with Gasteiger partial charge in [-0.2, -0.15) is 0 Å². The van der Waals surface area contributed by atoms with Crippen LogP contribution in [0.15, 0.2) is 12.7 Å². The summed E-state index contributed by atoms with van der Waals surface area (Å²) in [7, 11) is 0. The highest BCUT2D eigenvalue weighted by molar-refractivity contribution is 4.94. The van der Waals surface area contributed by atoms with E-state index in [4.69, 9.17) is 5.73 Å². The van der Waals surface area contributed by atoms with E-state index in [0.29, 0.717) is 0 Å². The molecule has 7 heavy (non-hydrogen) atoms. The molecular formula is C6H11N. The largest absolute Gasteiger partial charge is 0.324 e. The first-order chi connectivity index (χ1) is 3.34. The van der Waals surface area contributed by atoms with Crippen LogP contribution in [0.4, 0.5) is 0 Å². The monoisotopic (exact) mass is 97.1 g/mol. The van der Waals surface area contributed by atoms with Crippen LogP contribution in [-0.2, 0) is 0 Å². The summed E-state index contributed by atoms with van der Waals surface area (Å²) in [6, 6.07) is 0.278. The second kappa shape index (κ2) is 1.66. The van der Waals surface area contributed by atoms with Crippen LogP contribution in [0.5, 0.6) is 0 Å². The van der Waals surface area contributed by atoms with Gasteiger partial charge in [-0.1, -0.05) is 6.08 Å². The van der Waals surface area contributed by atoms with E-state index < -0.39 is 0 Å². The number of rotatable bonds is 2. The third-order valence-electron chi connectivity index (χ3n) is 1.44. The summed E-state index contributed by atoms with van der Waals surface area (Å²) in [5.41, 5.74) is 5.56. The lowest BCUT2D eigenvalue weighted by molar-refractivity contribution is 0.712. The van der Waals surface area contributed by atoms with Crippen molar-refractivity contribution in [1.82, 2.24) is 0 Å². The predicted octanol–water partition coefficient (Wildman–Crippen LogP) is 0.910. The van der Waals surface area contributed by atoms with Gasteiger partial charge in [0.25, 0.3) is 0 Å². The summed E-state index contributed by atoms with van der Waals surface area (Å²) in [6.07, 6.45) is 4.46. The molecule has 1 saturated carbocycles. The van der Waals surface area contributed by atoms with Crippen LogP contribution in [0.3, 0.4) is 0 Å². The van der Waals surface area contributed by atoms with E-state index >= 15 is 0 Å². The maximum absolute atomic E-state index is 5.56. The lowest BCUT2D eigenvalue weighted by Gasteiger charge is -1.98. The van der Waals surface area contributed by atoms with Crippen LogP contribution < -0.4 is 5.73 Å². The van der Waals surface area contributed by atoms with Crippen molar-refractivity contribution in [3.8, 4) is 0 Å². The Hall–Kier alpha value is -0.300. The standard InChI is InChI=1S/C6H11N/c1-2-6(7)5-3-4-5/h2,5-6H,1,3-4,7H2. The molecule has 0 aromatic rings. The molecule has 1 rings (SSSR count). The molecule has 0 heterocycles. The molecule has 0 aromatic heterocycles. The van der Waals surface area contributed by atoms with Gasteiger partial charge in [0.15, 0.2) is 0 Å². The molecule has 0 aromatic carbocycles. The lowest BCUT2D eigenvalue weighted by Crippen LogP contribution is -2.18. The predicted molar refractivity (Wildman–Crippen MR) is 30.9 cm³/mol. The fraction of sp³-hybridized carbons (Fsp3) is 0.667. The minimum absolute atomic E-state index is 0.278. The third kappa shape index (κ3) is 1.03. The fourth-order valence-electron chi connectivity index (χ4n) is 0.674. The van der Waals surface area contributed by atoms with Crippen molar-refractivity contribution in [3.63, 3.8) is 0 Å². The van der Waals surface area contributed by atoms with Crippen LogP contribution in [0, 0.1) is 5.92 Å². The van der Waals surface area contributed by atoms with Crippen molar-refractivity contribution in [2.24, 2.45) is 11.7 Å². The molecule has 1 fully saturated rings. The van der Waals surface area contributed by atoms with E-state index in [1.54, 1.807) is 0 Å². The normalized spacial score (nSPS) is 24.1. The fourth-order valence-corrected chi connectivity index (χ4v) is 0.674. The maximum Gasteiger partial charge on any atom is 0.0249 e. The van der Waals surface area contributed by atoms with Crippen molar-refractivity contribution >= 4 is 0 Å². The maximum atomic E-state index is 5.56. The summed E-state index contributed by atoms with van der Waals surface area (Å²) >= 11 is 0. The van der Waals surface area contributed by atoms with Gasteiger partial charge in [0.05, 0.1) is 0 Å². The highest BCUT2D eigenvalue weighted by Crippen LogP contribution is 2.31. The molecule has 0 radical (unpaired) electrons. The van der Waals surface area contributed by atoms with E-state index in [2.05, 4.69) is 6.58 Å². The molecule has 2 N–H and O–H groups in total. The summed E-state index contributed by atoms with van der Waals surface area (Å²) in [6.45, 7) is 3.60. The first-order valence-corrected chi connectivity index (χ1v) is 2.72. The number of nitrogens with two attached hydrogens (primary N) is 1. The van der Waals surface area contributed by atoms with Gasteiger partial charge in [-0.05, 0) is 18.8 Å².